The summed E-state index contributed by atoms with van der Waals surface area (Å²) < 4.78 is 31.8. The predicted molar refractivity (Wildman–Crippen MR) is 84.1 cm³/mol. The van der Waals surface area contributed by atoms with Crippen LogP contribution in [0, 0.1) is 5.92 Å². The van der Waals surface area contributed by atoms with E-state index in [1.165, 1.54) is 23.4 Å². The van der Waals surface area contributed by atoms with E-state index in [0.29, 0.717) is 31.4 Å². The molecule has 1 aromatic rings. The number of carbonyl (C=O) groups excluding carboxylic acids is 1. The smallest absolute Gasteiger partial charge is 0.242 e. The van der Waals surface area contributed by atoms with E-state index in [2.05, 4.69) is 5.32 Å². The number of carbonyl (C=O) groups is 1. The molecule has 2 rings (SSSR count). The van der Waals surface area contributed by atoms with Gasteiger partial charge in [-0.25, -0.2) is 12.7 Å². The van der Waals surface area contributed by atoms with E-state index in [1.807, 2.05) is 0 Å². The number of nitrogens with one attached hydrogen (secondary N) is 1. The number of hydrogen-bond acceptors (Lipinski definition) is 4. The van der Waals surface area contributed by atoms with Crippen LogP contribution in [0.15, 0.2) is 29.2 Å². The molecule has 0 atom stereocenters. The Morgan fingerprint density at radius 3 is 2.41 bits per heavy atom. The number of sulfonamides is 1. The van der Waals surface area contributed by atoms with Crippen molar-refractivity contribution in [3.05, 3.63) is 24.3 Å². The summed E-state index contributed by atoms with van der Waals surface area (Å²) in [6, 6.07) is 6.22. The van der Waals surface area contributed by atoms with E-state index >= 15 is 0 Å². The van der Waals surface area contributed by atoms with Crippen LogP contribution in [0.1, 0.15) is 19.8 Å². The van der Waals surface area contributed by atoms with Crippen LogP contribution in [0.2, 0.25) is 0 Å². The van der Waals surface area contributed by atoms with Crippen molar-refractivity contribution in [1.29, 1.82) is 0 Å². The highest BCUT2D eigenvalue weighted by Crippen LogP contribution is 2.21. The maximum atomic E-state index is 12.5. The Bertz CT molecular complexity index is 607. The lowest BCUT2D eigenvalue weighted by molar-refractivity contribution is -0.114. The number of amides is 1. The van der Waals surface area contributed by atoms with Crippen molar-refractivity contribution in [3.63, 3.8) is 0 Å². The predicted octanol–water partition coefficient (Wildman–Crippen LogP) is 1.69. The minimum Gasteiger partial charge on any atom is -0.381 e. The summed E-state index contributed by atoms with van der Waals surface area (Å²) in [5, 5.41) is 2.62. The Kier molecular flexibility index (Phi) is 5.55. The summed E-state index contributed by atoms with van der Waals surface area (Å²) in [6.45, 7) is 3.30. The highest BCUT2D eigenvalue weighted by atomic mass is 32.2. The Hall–Kier alpha value is -1.44. The lowest BCUT2D eigenvalue weighted by Crippen LogP contribution is -2.34. The lowest BCUT2D eigenvalue weighted by Gasteiger charge is -2.26. The molecule has 1 fully saturated rings. The number of rotatable bonds is 5. The van der Waals surface area contributed by atoms with Crippen molar-refractivity contribution >= 4 is 21.6 Å². The van der Waals surface area contributed by atoms with Crippen molar-refractivity contribution < 1.29 is 17.9 Å². The van der Waals surface area contributed by atoms with Gasteiger partial charge in [-0.3, -0.25) is 4.79 Å². The normalized spacial score (nSPS) is 16.7. The molecule has 1 aliphatic rings. The number of hydrogen-bond donors (Lipinski definition) is 1. The number of benzene rings is 1. The SMILES string of the molecule is CC(=O)Nc1ccc(S(=O)(=O)N(C)CC2CCOCC2)cc1. The van der Waals surface area contributed by atoms with Crippen LogP contribution in [0.3, 0.4) is 0 Å². The van der Waals surface area contributed by atoms with Gasteiger partial charge in [-0.1, -0.05) is 0 Å². The summed E-state index contributed by atoms with van der Waals surface area (Å²) >= 11 is 0. The molecular weight excluding hydrogens is 304 g/mol. The molecule has 1 aliphatic heterocycles. The first-order valence-electron chi connectivity index (χ1n) is 7.31. The van der Waals surface area contributed by atoms with Gasteiger partial charge < -0.3 is 10.1 Å². The van der Waals surface area contributed by atoms with Gasteiger partial charge in [0.15, 0.2) is 0 Å². The van der Waals surface area contributed by atoms with E-state index in [9.17, 15) is 13.2 Å². The zero-order valence-corrected chi connectivity index (χ0v) is 13.7. The molecule has 1 heterocycles. The Morgan fingerprint density at radius 2 is 1.86 bits per heavy atom. The topological polar surface area (TPSA) is 75.7 Å². The first kappa shape index (κ1) is 16.9. The summed E-state index contributed by atoms with van der Waals surface area (Å²) in [6.07, 6.45) is 1.78. The van der Waals surface area contributed by atoms with Crippen LogP contribution in [-0.4, -0.2) is 45.4 Å². The molecule has 1 saturated heterocycles. The van der Waals surface area contributed by atoms with Crippen LogP contribution >= 0.6 is 0 Å². The van der Waals surface area contributed by atoms with Gasteiger partial charge in [0.2, 0.25) is 15.9 Å². The summed E-state index contributed by atoms with van der Waals surface area (Å²) in [7, 11) is -1.90. The average Bonchev–Trinajstić information content (AvgIpc) is 2.48. The Morgan fingerprint density at radius 1 is 1.27 bits per heavy atom. The average molecular weight is 326 g/mol. The fourth-order valence-electron chi connectivity index (χ4n) is 2.48. The molecule has 122 valence electrons. The number of anilines is 1. The molecule has 0 spiro atoms. The van der Waals surface area contributed by atoms with Crippen molar-refractivity contribution in [1.82, 2.24) is 4.31 Å². The molecular formula is C15H22N2O4S. The van der Waals surface area contributed by atoms with E-state index in [-0.39, 0.29) is 10.8 Å². The monoisotopic (exact) mass is 326 g/mol. The molecule has 6 nitrogen and oxygen atoms in total. The highest BCUT2D eigenvalue weighted by Gasteiger charge is 2.24. The van der Waals surface area contributed by atoms with Gasteiger partial charge in [-0.2, -0.15) is 0 Å². The van der Waals surface area contributed by atoms with E-state index in [0.717, 1.165) is 12.8 Å². The standard InChI is InChI=1S/C15H22N2O4S/c1-12(18)16-14-3-5-15(6-4-14)22(19,20)17(2)11-13-7-9-21-10-8-13/h3-6,13H,7-11H2,1-2H3,(H,16,18). The van der Waals surface area contributed by atoms with Crippen LogP contribution in [-0.2, 0) is 19.6 Å². The molecule has 0 aromatic heterocycles. The fourth-order valence-corrected chi connectivity index (χ4v) is 3.73. The summed E-state index contributed by atoms with van der Waals surface area (Å²) in [5.74, 6) is 0.152. The number of nitrogens with zero attached hydrogens (tertiary/aromatic N) is 1. The zero-order chi connectivity index (χ0) is 16.2. The van der Waals surface area contributed by atoms with Gasteiger partial charge in [-0.15, -0.1) is 0 Å². The largest absolute Gasteiger partial charge is 0.381 e. The first-order valence-corrected chi connectivity index (χ1v) is 8.75. The second-order valence-electron chi connectivity index (χ2n) is 5.55. The molecule has 0 unspecified atom stereocenters. The van der Waals surface area contributed by atoms with Crippen molar-refractivity contribution in [2.24, 2.45) is 5.92 Å². The lowest BCUT2D eigenvalue weighted by atomic mass is 10.0. The van der Waals surface area contributed by atoms with Gasteiger partial charge >= 0.3 is 0 Å². The van der Waals surface area contributed by atoms with Gasteiger partial charge in [0, 0.05) is 39.4 Å². The highest BCUT2D eigenvalue weighted by molar-refractivity contribution is 7.89. The summed E-state index contributed by atoms with van der Waals surface area (Å²) in [4.78, 5) is 11.2. The second kappa shape index (κ2) is 7.21. The maximum Gasteiger partial charge on any atom is 0.242 e. The quantitative estimate of drug-likeness (QED) is 0.893. The molecule has 0 radical (unpaired) electrons. The number of ether oxygens (including phenoxy) is 1. The van der Waals surface area contributed by atoms with E-state index in [4.69, 9.17) is 4.74 Å². The van der Waals surface area contributed by atoms with Crippen molar-refractivity contribution in [3.8, 4) is 0 Å². The van der Waals surface area contributed by atoms with Gasteiger partial charge in [-0.05, 0) is 43.0 Å². The zero-order valence-electron chi connectivity index (χ0n) is 12.9. The van der Waals surface area contributed by atoms with Crippen LogP contribution < -0.4 is 5.32 Å². The third kappa shape index (κ3) is 4.28. The molecule has 22 heavy (non-hydrogen) atoms. The third-order valence-electron chi connectivity index (χ3n) is 3.74. The Balaban J connectivity index is 2.06. The summed E-state index contributed by atoms with van der Waals surface area (Å²) in [5.41, 5.74) is 0.582. The van der Waals surface area contributed by atoms with Gasteiger partial charge in [0.25, 0.3) is 0 Å². The molecule has 1 N–H and O–H groups in total. The van der Waals surface area contributed by atoms with Crippen molar-refractivity contribution in [2.45, 2.75) is 24.7 Å². The van der Waals surface area contributed by atoms with Crippen LogP contribution in [0.5, 0.6) is 0 Å². The fraction of sp³-hybridized carbons (Fsp3) is 0.533. The third-order valence-corrected chi connectivity index (χ3v) is 5.58. The molecule has 7 heteroatoms. The molecule has 1 amide bonds. The molecule has 1 aromatic carbocycles. The van der Waals surface area contributed by atoms with Gasteiger partial charge in [0.1, 0.15) is 0 Å². The van der Waals surface area contributed by atoms with Crippen molar-refractivity contribution in [2.75, 3.05) is 32.1 Å². The maximum absolute atomic E-state index is 12.5. The second-order valence-corrected chi connectivity index (χ2v) is 7.59. The van der Waals surface area contributed by atoms with Gasteiger partial charge in [0.05, 0.1) is 4.90 Å². The molecule has 0 bridgehead atoms. The minimum absolute atomic E-state index is 0.188. The van der Waals surface area contributed by atoms with E-state index < -0.39 is 10.0 Å². The van der Waals surface area contributed by atoms with Crippen LogP contribution in [0.25, 0.3) is 0 Å². The van der Waals surface area contributed by atoms with Crippen LogP contribution in [0.4, 0.5) is 5.69 Å². The first-order chi connectivity index (χ1) is 10.4. The van der Waals surface area contributed by atoms with E-state index in [1.54, 1.807) is 19.2 Å². The minimum atomic E-state index is -3.50. The molecule has 0 saturated carbocycles. The Labute approximate surface area is 131 Å². The molecule has 0 aliphatic carbocycles.